The summed E-state index contributed by atoms with van der Waals surface area (Å²) >= 11 is 5.87. The molecule has 0 saturated carbocycles. The molecular formula is C20H19ClN4O2. The third-order valence-electron chi connectivity index (χ3n) is 3.81. The van der Waals surface area contributed by atoms with Crippen molar-refractivity contribution in [1.29, 1.82) is 0 Å². The van der Waals surface area contributed by atoms with Crippen LogP contribution in [0.3, 0.4) is 0 Å². The van der Waals surface area contributed by atoms with Crippen LogP contribution in [-0.4, -0.2) is 23.0 Å². The number of carbonyl (C=O) groups is 1. The fourth-order valence-electron chi connectivity index (χ4n) is 2.48. The summed E-state index contributed by atoms with van der Waals surface area (Å²) in [5, 5.41) is 6.60. The molecule has 0 bridgehead atoms. The van der Waals surface area contributed by atoms with Crippen molar-refractivity contribution in [2.45, 2.75) is 13.5 Å². The highest BCUT2D eigenvalue weighted by molar-refractivity contribution is 6.30. The Labute approximate surface area is 162 Å². The second-order valence-electron chi connectivity index (χ2n) is 5.85. The molecule has 7 heteroatoms. The van der Waals surface area contributed by atoms with E-state index < -0.39 is 0 Å². The summed E-state index contributed by atoms with van der Waals surface area (Å²) in [6.07, 6.45) is 0. The standard InChI is InChI=1S/C20H19ClN4O2/c1-13-11-17(19(26)22-12-14-7-9-15(21)10-8-14)25-20(23-13)24-16-5-3-4-6-18(16)27-2/h3-11H,12H2,1-2H3,(H,22,26)(H,23,24,25). The fourth-order valence-corrected chi connectivity index (χ4v) is 2.61. The number of rotatable bonds is 6. The lowest BCUT2D eigenvalue weighted by Crippen LogP contribution is -2.24. The first-order valence-corrected chi connectivity index (χ1v) is 8.71. The normalized spacial score (nSPS) is 10.3. The topological polar surface area (TPSA) is 76.1 Å². The van der Waals surface area contributed by atoms with E-state index in [9.17, 15) is 4.79 Å². The Morgan fingerprint density at radius 1 is 1.11 bits per heavy atom. The number of carbonyl (C=O) groups excluding carboxylic acids is 1. The molecule has 0 spiro atoms. The Morgan fingerprint density at radius 2 is 1.85 bits per heavy atom. The smallest absolute Gasteiger partial charge is 0.270 e. The van der Waals surface area contributed by atoms with Crippen molar-refractivity contribution in [2.24, 2.45) is 0 Å². The maximum Gasteiger partial charge on any atom is 0.270 e. The van der Waals surface area contributed by atoms with Gasteiger partial charge in [0.1, 0.15) is 11.4 Å². The van der Waals surface area contributed by atoms with Gasteiger partial charge < -0.3 is 15.4 Å². The summed E-state index contributed by atoms with van der Waals surface area (Å²) in [6.45, 7) is 2.19. The van der Waals surface area contributed by atoms with Gasteiger partial charge in [0.25, 0.3) is 5.91 Å². The van der Waals surface area contributed by atoms with Gasteiger partial charge in [0.15, 0.2) is 0 Å². The summed E-state index contributed by atoms with van der Waals surface area (Å²) < 4.78 is 5.31. The van der Waals surface area contributed by atoms with Crippen LogP contribution in [0.15, 0.2) is 54.6 Å². The minimum Gasteiger partial charge on any atom is -0.495 e. The summed E-state index contributed by atoms with van der Waals surface area (Å²) in [5.74, 6) is 0.714. The summed E-state index contributed by atoms with van der Waals surface area (Å²) in [6, 6.07) is 16.4. The molecule has 138 valence electrons. The van der Waals surface area contributed by atoms with Crippen molar-refractivity contribution < 1.29 is 9.53 Å². The average molecular weight is 383 g/mol. The maximum atomic E-state index is 12.5. The van der Waals surface area contributed by atoms with Gasteiger partial charge in [0, 0.05) is 17.3 Å². The summed E-state index contributed by atoms with van der Waals surface area (Å²) in [7, 11) is 1.59. The number of hydrogen-bond donors (Lipinski definition) is 2. The van der Waals surface area contributed by atoms with Gasteiger partial charge >= 0.3 is 0 Å². The molecular weight excluding hydrogens is 364 g/mol. The number of nitrogens with zero attached hydrogens (tertiary/aromatic N) is 2. The minimum absolute atomic E-state index is 0.279. The molecule has 3 rings (SSSR count). The molecule has 0 fully saturated rings. The molecule has 0 aliphatic rings. The van der Waals surface area contributed by atoms with Crippen molar-refractivity contribution in [1.82, 2.24) is 15.3 Å². The number of nitrogens with one attached hydrogen (secondary N) is 2. The number of amides is 1. The first-order valence-electron chi connectivity index (χ1n) is 8.33. The van der Waals surface area contributed by atoms with Crippen LogP contribution in [0, 0.1) is 6.92 Å². The lowest BCUT2D eigenvalue weighted by atomic mass is 10.2. The monoisotopic (exact) mass is 382 g/mol. The van der Waals surface area contributed by atoms with E-state index in [-0.39, 0.29) is 11.6 Å². The highest BCUT2D eigenvalue weighted by Crippen LogP contribution is 2.25. The van der Waals surface area contributed by atoms with Gasteiger partial charge in [-0.05, 0) is 42.8 Å². The SMILES string of the molecule is COc1ccccc1Nc1nc(C)cc(C(=O)NCc2ccc(Cl)cc2)n1. The van der Waals surface area contributed by atoms with E-state index in [4.69, 9.17) is 16.3 Å². The summed E-state index contributed by atoms with van der Waals surface area (Å²) in [4.78, 5) is 21.1. The van der Waals surface area contributed by atoms with E-state index in [1.54, 1.807) is 25.3 Å². The van der Waals surface area contributed by atoms with Gasteiger partial charge in [0.2, 0.25) is 5.95 Å². The Hall–Kier alpha value is -3.12. The molecule has 2 aromatic carbocycles. The van der Waals surface area contributed by atoms with Gasteiger partial charge in [-0.3, -0.25) is 4.79 Å². The van der Waals surface area contributed by atoms with Crippen LogP contribution in [0.4, 0.5) is 11.6 Å². The molecule has 6 nitrogen and oxygen atoms in total. The second-order valence-corrected chi connectivity index (χ2v) is 6.29. The van der Waals surface area contributed by atoms with Crippen molar-refractivity contribution in [3.05, 3.63) is 76.6 Å². The lowest BCUT2D eigenvalue weighted by molar-refractivity contribution is 0.0945. The predicted octanol–water partition coefficient (Wildman–Crippen LogP) is 4.12. The number of halogens is 1. The third-order valence-corrected chi connectivity index (χ3v) is 4.06. The van der Waals surface area contributed by atoms with Crippen LogP contribution in [0.1, 0.15) is 21.7 Å². The largest absolute Gasteiger partial charge is 0.495 e. The maximum absolute atomic E-state index is 12.5. The molecule has 2 N–H and O–H groups in total. The first kappa shape index (κ1) is 18.7. The van der Waals surface area contributed by atoms with E-state index in [0.717, 1.165) is 11.3 Å². The Morgan fingerprint density at radius 3 is 2.59 bits per heavy atom. The molecule has 27 heavy (non-hydrogen) atoms. The molecule has 1 aromatic heterocycles. The predicted molar refractivity (Wildman–Crippen MR) is 106 cm³/mol. The number of anilines is 2. The highest BCUT2D eigenvalue weighted by Gasteiger charge is 2.12. The van der Waals surface area contributed by atoms with Crippen LogP contribution < -0.4 is 15.4 Å². The van der Waals surface area contributed by atoms with Crippen LogP contribution in [0.2, 0.25) is 5.02 Å². The second kappa shape index (κ2) is 8.51. The zero-order valence-corrected chi connectivity index (χ0v) is 15.7. The molecule has 1 amide bonds. The minimum atomic E-state index is -0.279. The van der Waals surface area contributed by atoms with Crippen molar-refractivity contribution in [3.63, 3.8) is 0 Å². The Bertz CT molecular complexity index is 945. The van der Waals surface area contributed by atoms with Gasteiger partial charge in [-0.2, -0.15) is 0 Å². The van der Waals surface area contributed by atoms with E-state index >= 15 is 0 Å². The number of methoxy groups -OCH3 is 1. The number of hydrogen-bond acceptors (Lipinski definition) is 5. The Kier molecular flexibility index (Phi) is 5.88. The molecule has 0 aliphatic carbocycles. The fraction of sp³-hybridized carbons (Fsp3) is 0.150. The molecule has 1 heterocycles. The zero-order chi connectivity index (χ0) is 19.2. The lowest BCUT2D eigenvalue weighted by Gasteiger charge is -2.11. The average Bonchev–Trinajstić information content (AvgIpc) is 2.67. The van der Waals surface area contributed by atoms with Gasteiger partial charge in [0.05, 0.1) is 12.8 Å². The number of aryl methyl sites for hydroxylation is 1. The van der Waals surface area contributed by atoms with Crippen LogP contribution in [0.25, 0.3) is 0 Å². The number of para-hydroxylation sites is 2. The van der Waals surface area contributed by atoms with Gasteiger partial charge in [-0.15, -0.1) is 0 Å². The van der Waals surface area contributed by atoms with Crippen molar-refractivity contribution >= 4 is 29.1 Å². The number of benzene rings is 2. The third kappa shape index (κ3) is 4.95. The molecule has 0 atom stereocenters. The Balaban J connectivity index is 1.74. The van der Waals surface area contributed by atoms with E-state index in [1.807, 2.05) is 43.3 Å². The highest BCUT2D eigenvalue weighted by atomic mass is 35.5. The molecule has 0 saturated heterocycles. The summed E-state index contributed by atoms with van der Waals surface area (Å²) in [5.41, 5.74) is 2.64. The molecule has 0 aliphatic heterocycles. The van der Waals surface area contributed by atoms with Gasteiger partial charge in [-0.25, -0.2) is 9.97 Å². The first-order chi connectivity index (χ1) is 13.0. The van der Waals surface area contributed by atoms with Crippen molar-refractivity contribution in [3.8, 4) is 5.75 Å². The van der Waals surface area contributed by atoms with E-state index in [0.29, 0.717) is 29.0 Å². The van der Waals surface area contributed by atoms with Crippen LogP contribution >= 0.6 is 11.6 Å². The molecule has 3 aromatic rings. The number of ether oxygens (including phenoxy) is 1. The van der Waals surface area contributed by atoms with Crippen LogP contribution in [0.5, 0.6) is 5.75 Å². The van der Waals surface area contributed by atoms with Crippen LogP contribution in [-0.2, 0) is 6.54 Å². The van der Waals surface area contributed by atoms with Gasteiger partial charge in [-0.1, -0.05) is 35.9 Å². The molecule has 0 unspecified atom stereocenters. The molecule has 0 radical (unpaired) electrons. The number of aromatic nitrogens is 2. The quantitative estimate of drug-likeness (QED) is 0.670. The van der Waals surface area contributed by atoms with Crippen molar-refractivity contribution in [2.75, 3.05) is 12.4 Å². The zero-order valence-electron chi connectivity index (χ0n) is 15.0. The van der Waals surface area contributed by atoms with E-state index in [2.05, 4.69) is 20.6 Å². The van der Waals surface area contributed by atoms with E-state index in [1.165, 1.54) is 0 Å².